The monoisotopic (exact) mass is 270 g/mol. The molecule has 0 radical (unpaired) electrons. The maximum Gasteiger partial charge on any atom is 0.141 e. The van der Waals surface area contributed by atoms with Crippen LogP contribution in [0.4, 0.5) is 5.69 Å². The van der Waals surface area contributed by atoms with E-state index in [9.17, 15) is 0 Å². The highest BCUT2D eigenvalue weighted by molar-refractivity contribution is 5.57. The van der Waals surface area contributed by atoms with Crippen molar-refractivity contribution in [1.29, 1.82) is 0 Å². The molecule has 0 aliphatic heterocycles. The molecule has 0 saturated heterocycles. The molecule has 106 valence electrons. The zero-order valence-electron chi connectivity index (χ0n) is 12.3. The number of hydrogen-bond acceptors (Lipinski definition) is 3. The second-order valence-electron chi connectivity index (χ2n) is 4.99. The van der Waals surface area contributed by atoms with E-state index in [1.165, 1.54) is 16.7 Å². The Bertz CT molecular complexity index is 581. The SMILES string of the molecule is COc1ccccc1NC(CN)c1cc(C)ccc1C. The molecule has 2 aromatic rings. The fraction of sp³-hybridized carbons (Fsp3) is 0.294. The molecule has 1 atom stereocenters. The molecular formula is C17H22N2O. The standard InChI is InChI=1S/C17H22N2O/c1-12-8-9-13(2)14(10-12)16(11-18)19-15-6-4-5-7-17(15)20-3/h4-10,16,19H,11,18H2,1-3H3. The van der Waals surface area contributed by atoms with Gasteiger partial charge in [-0.2, -0.15) is 0 Å². The van der Waals surface area contributed by atoms with Gasteiger partial charge in [0, 0.05) is 6.54 Å². The van der Waals surface area contributed by atoms with E-state index in [1.807, 2.05) is 24.3 Å². The molecule has 20 heavy (non-hydrogen) atoms. The lowest BCUT2D eigenvalue weighted by atomic mass is 9.98. The quantitative estimate of drug-likeness (QED) is 0.875. The van der Waals surface area contributed by atoms with E-state index in [4.69, 9.17) is 10.5 Å². The van der Waals surface area contributed by atoms with E-state index in [-0.39, 0.29) is 6.04 Å². The maximum absolute atomic E-state index is 5.96. The van der Waals surface area contributed by atoms with Crippen LogP contribution in [0.1, 0.15) is 22.7 Å². The summed E-state index contributed by atoms with van der Waals surface area (Å²) in [5.74, 6) is 0.830. The molecule has 2 aromatic carbocycles. The lowest BCUT2D eigenvalue weighted by Crippen LogP contribution is -2.21. The van der Waals surface area contributed by atoms with Crippen molar-refractivity contribution >= 4 is 5.69 Å². The van der Waals surface area contributed by atoms with Crippen LogP contribution in [0.15, 0.2) is 42.5 Å². The number of methoxy groups -OCH3 is 1. The summed E-state index contributed by atoms with van der Waals surface area (Å²) in [6.07, 6.45) is 0. The van der Waals surface area contributed by atoms with E-state index in [1.54, 1.807) is 7.11 Å². The summed E-state index contributed by atoms with van der Waals surface area (Å²) < 4.78 is 5.38. The van der Waals surface area contributed by atoms with Gasteiger partial charge < -0.3 is 15.8 Å². The van der Waals surface area contributed by atoms with Gasteiger partial charge in [0.15, 0.2) is 0 Å². The number of aryl methyl sites for hydroxylation is 2. The van der Waals surface area contributed by atoms with Gasteiger partial charge in [-0.25, -0.2) is 0 Å². The third-order valence-electron chi connectivity index (χ3n) is 3.48. The lowest BCUT2D eigenvalue weighted by molar-refractivity contribution is 0.416. The average molecular weight is 270 g/mol. The Labute approximate surface area is 120 Å². The zero-order valence-corrected chi connectivity index (χ0v) is 12.3. The normalized spacial score (nSPS) is 12.0. The van der Waals surface area contributed by atoms with Gasteiger partial charge in [0.2, 0.25) is 0 Å². The predicted octanol–water partition coefficient (Wildman–Crippen LogP) is 3.42. The average Bonchev–Trinajstić information content (AvgIpc) is 2.48. The van der Waals surface area contributed by atoms with E-state index < -0.39 is 0 Å². The van der Waals surface area contributed by atoms with Gasteiger partial charge in [-0.3, -0.25) is 0 Å². The molecule has 0 bridgehead atoms. The smallest absolute Gasteiger partial charge is 0.141 e. The van der Waals surface area contributed by atoms with Gasteiger partial charge in [-0.15, -0.1) is 0 Å². The molecule has 0 saturated carbocycles. The van der Waals surface area contributed by atoms with Crippen LogP contribution in [0.5, 0.6) is 5.75 Å². The summed E-state index contributed by atoms with van der Waals surface area (Å²) >= 11 is 0. The Morgan fingerprint density at radius 1 is 1.15 bits per heavy atom. The molecule has 1 unspecified atom stereocenters. The van der Waals surface area contributed by atoms with Crippen LogP contribution in [0.3, 0.4) is 0 Å². The molecule has 3 N–H and O–H groups in total. The molecule has 3 heteroatoms. The Kier molecular flexibility index (Phi) is 4.64. The Morgan fingerprint density at radius 2 is 1.90 bits per heavy atom. The number of hydrogen-bond donors (Lipinski definition) is 2. The first-order chi connectivity index (χ1) is 9.65. The largest absolute Gasteiger partial charge is 0.495 e. The minimum atomic E-state index is 0.0752. The third-order valence-corrected chi connectivity index (χ3v) is 3.48. The van der Waals surface area contributed by atoms with Gasteiger partial charge in [0.25, 0.3) is 0 Å². The van der Waals surface area contributed by atoms with Crippen molar-refractivity contribution in [3.63, 3.8) is 0 Å². The number of nitrogens with two attached hydrogens (primary N) is 1. The van der Waals surface area contributed by atoms with E-state index in [2.05, 4.69) is 37.4 Å². The van der Waals surface area contributed by atoms with Gasteiger partial charge >= 0.3 is 0 Å². The van der Waals surface area contributed by atoms with Crippen molar-refractivity contribution in [1.82, 2.24) is 0 Å². The second kappa shape index (κ2) is 6.44. The summed E-state index contributed by atoms with van der Waals surface area (Å²) in [7, 11) is 1.68. The predicted molar refractivity (Wildman–Crippen MR) is 84.3 cm³/mol. The van der Waals surface area contributed by atoms with E-state index in [0.29, 0.717) is 6.54 Å². The highest BCUT2D eigenvalue weighted by atomic mass is 16.5. The summed E-state index contributed by atoms with van der Waals surface area (Å²) in [4.78, 5) is 0. The minimum absolute atomic E-state index is 0.0752. The van der Waals surface area contributed by atoms with E-state index in [0.717, 1.165) is 11.4 Å². The molecule has 0 heterocycles. The van der Waals surface area contributed by atoms with Crippen molar-refractivity contribution in [2.75, 3.05) is 19.0 Å². The first kappa shape index (κ1) is 14.4. The van der Waals surface area contributed by atoms with E-state index >= 15 is 0 Å². The van der Waals surface area contributed by atoms with Crippen LogP contribution >= 0.6 is 0 Å². The van der Waals surface area contributed by atoms with Crippen molar-refractivity contribution < 1.29 is 4.74 Å². The topological polar surface area (TPSA) is 47.3 Å². The molecule has 2 rings (SSSR count). The number of para-hydroxylation sites is 2. The highest BCUT2D eigenvalue weighted by Gasteiger charge is 2.14. The van der Waals surface area contributed by atoms with Crippen LogP contribution in [0.2, 0.25) is 0 Å². The molecular weight excluding hydrogens is 248 g/mol. The molecule has 3 nitrogen and oxygen atoms in total. The van der Waals surface area contributed by atoms with Crippen molar-refractivity contribution in [2.24, 2.45) is 5.73 Å². The van der Waals surface area contributed by atoms with Crippen molar-refractivity contribution in [2.45, 2.75) is 19.9 Å². The molecule has 0 amide bonds. The molecule has 0 aliphatic carbocycles. The third kappa shape index (κ3) is 3.11. The fourth-order valence-corrected chi connectivity index (χ4v) is 2.35. The van der Waals surface area contributed by atoms with Gasteiger partial charge in [-0.05, 0) is 37.1 Å². The van der Waals surface area contributed by atoms with Crippen LogP contribution in [0.25, 0.3) is 0 Å². The van der Waals surface area contributed by atoms with Gasteiger partial charge in [0.1, 0.15) is 5.75 Å². The number of anilines is 1. The number of nitrogens with one attached hydrogen (secondary N) is 1. The summed E-state index contributed by atoms with van der Waals surface area (Å²) in [5, 5.41) is 3.48. The van der Waals surface area contributed by atoms with Gasteiger partial charge in [-0.1, -0.05) is 35.9 Å². The molecule has 0 fully saturated rings. The minimum Gasteiger partial charge on any atom is -0.495 e. The number of rotatable bonds is 5. The second-order valence-corrected chi connectivity index (χ2v) is 4.99. The molecule has 0 spiro atoms. The van der Waals surface area contributed by atoms with Gasteiger partial charge in [0.05, 0.1) is 18.8 Å². The summed E-state index contributed by atoms with van der Waals surface area (Å²) in [5.41, 5.74) is 10.6. The lowest BCUT2D eigenvalue weighted by Gasteiger charge is -2.22. The number of ether oxygens (including phenoxy) is 1. The number of benzene rings is 2. The highest BCUT2D eigenvalue weighted by Crippen LogP contribution is 2.28. The Balaban J connectivity index is 2.31. The van der Waals surface area contributed by atoms with Crippen LogP contribution in [-0.2, 0) is 0 Å². The van der Waals surface area contributed by atoms with Crippen LogP contribution in [-0.4, -0.2) is 13.7 Å². The Hall–Kier alpha value is -2.00. The van der Waals surface area contributed by atoms with Crippen molar-refractivity contribution in [3.8, 4) is 5.75 Å². The Morgan fingerprint density at radius 3 is 2.60 bits per heavy atom. The molecule has 0 aliphatic rings. The van der Waals surface area contributed by atoms with Crippen molar-refractivity contribution in [3.05, 3.63) is 59.2 Å². The van der Waals surface area contributed by atoms with Crippen LogP contribution < -0.4 is 15.8 Å². The first-order valence-electron chi connectivity index (χ1n) is 6.82. The summed E-state index contributed by atoms with van der Waals surface area (Å²) in [6.45, 7) is 4.74. The molecule has 0 aromatic heterocycles. The fourth-order valence-electron chi connectivity index (χ4n) is 2.35. The summed E-state index contributed by atoms with van der Waals surface area (Å²) in [6, 6.07) is 14.4. The van der Waals surface area contributed by atoms with Crippen LogP contribution in [0, 0.1) is 13.8 Å². The maximum atomic E-state index is 5.96. The zero-order chi connectivity index (χ0) is 14.5. The first-order valence-corrected chi connectivity index (χ1v) is 6.82.